The minimum atomic E-state index is -0.522. The van der Waals surface area contributed by atoms with Gasteiger partial charge in [-0.25, -0.2) is 4.39 Å². The van der Waals surface area contributed by atoms with Gasteiger partial charge in [0, 0.05) is 6.54 Å². The second-order valence-electron chi connectivity index (χ2n) is 6.54. The molecule has 166 valence electrons. The van der Waals surface area contributed by atoms with E-state index >= 15 is 0 Å². The molecule has 0 unspecified atom stereocenters. The van der Waals surface area contributed by atoms with Gasteiger partial charge in [-0.2, -0.15) is 0 Å². The van der Waals surface area contributed by atoms with E-state index in [1.165, 1.54) is 31.0 Å². The highest BCUT2D eigenvalue weighted by Crippen LogP contribution is 2.24. The Morgan fingerprint density at radius 1 is 1.09 bits per heavy atom. The van der Waals surface area contributed by atoms with Crippen LogP contribution in [0.5, 0.6) is 5.75 Å². The minimum absolute atomic E-state index is 0.0781. The van der Waals surface area contributed by atoms with Crippen LogP contribution in [0.25, 0.3) is 0 Å². The summed E-state index contributed by atoms with van der Waals surface area (Å²) < 4.78 is 20.7. The average Bonchev–Trinajstić information content (AvgIpc) is 3.15. The van der Waals surface area contributed by atoms with Crippen LogP contribution in [0.2, 0.25) is 0 Å². The predicted octanol–water partition coefficient (Wildman–Crippen LogP) is 3.52. The van der Waals surface area contributed by atoms with Crippen molar-refractivity contribution in [3.8, 4) is 5.75 Å². The van der Waals surface area contributed by atoms with Gasteiger partial charge in [0.05, 0.1) is 30.7 Å². The quantitative estimate of drug-likeness (QED) is 0.359. The van der Waals surface area contributed by atoms with E-state index in [1.54, 1.807) is 41.0 Å². The molecule has 0 aliphatic carbocycles. The van der Waals surface area contributed by atoms with E-state index in [9.17, 15) is 14.0 Å². The Hall–Kier alpha value is -3.66. The molecule has 0 spiro atoms. The zero-order valence-electron chi connectivity index (χ0n) is 17.4. The molecule has 0 radical (unpaired) electrons. The largest absolute Gasteiger partial charge is 0.495 e. The first-order valence-electron chi connectivity index (χ1n) is 9.64. The van der Waals surface area contributed by atoms with Gasteiger partial charge < -0.3 is 19.9 Å². The molecule has 1 aromatic heterocycles. The van der Waals surface area contributed by atoms with Crippen molar-refractivity contribution < 1.29 is 18.7 Å². The fraction of sp³-hybridized carbons (Fsp3) is 0.182. The molecule has 0 saturated heterocycles. The van der Waals surface area contributed by atoms with Crippen molar-refractivity contribution in [1.82, 2.24) is 14.8 Å². The van der Waals surface area contributed by atoms with Gasteiger partial charge >= 0.3 is 0 Å². The number of thioether (sulfide) groups is 1. The Labute approximate surface area is 188 Å². The highest BCUT2D eigenvalue weighted by Gasteiger charge is 2.17. The Bertz CT molecular complexity index is 1120. The van der Waals surface area contributed by atoms with Crippen LogP contribution in [-0.2, 0) is 22.6 Å². The predicted molar refractivity (Wildman–Crippen MR) is 121 cm³/mol. The number of nitrogens with zero attached hydrogens (tertiary/aromatic N) is 3. The van der Waals surface area contributed by atoms with Gasteiger partial charge in [-0.05, 0) is 24.3 Å². The van der Waals surface area contributed by atoms with Gasteiger partial charge in [-0.3, -0.25) is 9.59 Å². The molecule has 8 nitrogen and oxygen atoms in total. The summed E-state index contributed by atoms with van der Waals surface area (Å²) in [7, 11) is 1.53. The summed E-state index contributed by atoms with van der Waals surface area (Å²) in [6, 6.07) is 13.0. The first-order chi connectivity index (χ1) is 15.5. The van der Waals surface area contributed by atoms with E-state index in [1.807, 2.05) is 6.07 Å². The van der Waals surface area contributed by atoms with E-state index in [4.69, 9.17) is 4.74 Å². The molecule has 32 heavy (non-hydrogen) atoms. The van der Waals surface area contributed by atoms with Gasteiger partial charge in [-0.1, -0.05) is 42.1 Å². The van der Waals surface area contributed by atoms with Crippen LogP contribution in [0.15, 0.2) is 66.3 Å². The average molecular weight is 456 g/mol. The van der Waals surface area contributed by atoms with Gasteiger partial charge in [0.1, 0.15) is 17.4 Å². The van der Waals surface area contributed by atoms with Crippen molar-refractivity contribution in [2.75, 3.05) is 23.5 Å². The normalized spacial score (nSPS) is 10.4. The number of hydrogen-bond acceptors (Lipinski definition) is 6. The number of allylic oxidation sites excluding steroid dienone is 1. The summed E-state index contributed by atoms with van der Waals surface area (Å²) in [6.07, 6.45) is 1.53. The number of anilines is 2. The van der Waals surface area contributed by atoms with Gasteiger partial charge in [0.15, 0.2) is 5.16 Å². The molecule has 0 saturated carbocycles. The number of carbonyl (C=O) groups excluding carboxylic acids is 2. The first kappa shape index (κ1) is 23.0. The number of halogens is 1. The van der Waals surface area contributed by atoms with Crippen molar-refractivity contribution in [1.29, 1.82) is 0 Å². The molecule has 2 aromatic carbocycles. The smallest absolute Gasteiger partial charge is 0.234 e. The maximum Gasteiger partial charge on any atom is 0.234 e. The summed E-state index contributed by atoms with van der Waals surface area (Å²) in [5, 5.41) is 13.9. The summed E-state index contributed by atoms with van der Waals surface area (Å²) in [5.41, 5.74) is 0.661. The zero-order valence-corrected chi connectivity index (χ0v) is 18.2. The molecule has 0 fully saturated rings. The topological polar surface area (TPSA) is 98.1 Å². The second-order valence-corrected chi connectivity index (χ2v) is 7.48. The fourth-order valence-electron chi connectivity index (χ4n) is 2.83. The van der Waals surface area contributed by atoms with E-state index in [2.05, 4.69) is 27.4 Å². The van der Waals surface area contributed by atoms with Gasteiger partial charge in [0.2, 0.25) is 11.8 Å². The number of nitrogens with one attached hydrogen (secondary N) is 2. The van der Waals surface area contributed by atoms with Crippen LogP contribution in [0.1, 0.15) is 5.82 Å². The van der Waals surface area contributed by atoms with Crippen LogP contribution < -0.4 is 15.4 Å². The summed E-state index contributed by atoms with van der Waals surface area (Å²) >= 11 is 1.18. The highest BCUT2D eigenvalue weighted by atomic mass is 32.2. The lowest BCUT2D eigenvalue weighted by Gasteiger charge is -2.10. The molecule has 0 aliphatic rings. The lowest BCUT2D eigenvalue weighted by molar-refractivity contribution is -0.116. The van der Waals surface area contributed by atoms with Crippen molar-refractivity contribution >= 4 is 35.0 Å². The number of ether oxygens (including phenoxy) is 1. The Balaban J connectivity index is 1.64. The zero-order chi connectivity index (χ0) is 22.9. The molecule has 0 bridgehead atoms. The molecule has 3 aromatic rings. The SMILES string of the molecule is C=CCn1c(CC(=O)Nc2ccccc2F)nnc1SCC(=O)Nc1ccccc1OC. The second kappa shape index (κ2) is 11.1. The number of methoxy groups -OCH3 is 1. The Morgan fingerprint density at radius 2 is 1.78 bits per heavy atom. The molecule has 10 heteroatoms. The van der Waals surface area contributed by atoms with Crippen LogP contribution in [0, 0.1) is 5.82 Å². The molecule has 0 aliphatic heterocycles. The molecular weight excluding hydrogens is 433 g/mol. The first-order valence-corrected chi connectivity index (χ1v) is 10.6. The molecule has 3 rings (SSSR count). The molecular formula is C22H22FN5O3S. The van der Waals surface area contributed by atoms with Crippen LogP contribution in [-0.4, -0.2) is 39.4 Å². The number of benzene rings is 2. The summed E-state index contributed by atoms with van der Waals surface area (Å²) in [6.45, 7) is 4.07. The van der Waals surface area contributed by atoms with Crippen LogP contribution in [0.4, 0.5) is 15.8 Å². The van der Waals surface area contributed by atoms with E-state index < -0.39 is 11.7 Å². The third-order valence-corrected chi connectivity index (χ3v) is 5.25. The molecule has 0 atom stereocenters. The fourth-order valence-corrected chi connectivity index (χ4v) is 3.60. The molecule has 2 N–H and O–H groups in total. The maximum absolute atomic E-state index is 13.8. The lowest BCUT2D eigenvalue weighted by atomic mass is 10.3. The standard InChI is InChI=1S/C22H22FN5O3S/c1-3-12-28-19(13-20(29)24-16-9-5-4-8-15(16)23)26-27-22(28)32-14-21(30)25-17-10-6-7-11-18(17)31-2/h3-11H,1,12-14H2,2H3,(H,24,29)(H,25,30). The number of carbonyl (C=O) groups is 2. The van der Waals surface area contributed by atoms with Gasteiger partial charge in [-0.15, -0.1) is 16.8 Å². The Kier molecular flexibility index (Phi) is 7.98. The van der Waals surface area contributed by atoms with Crippen LogP contribution >= 0.6 is 11.8 Å². The number of para-hydroxylation sites is 3. The van der Waals surface area contributed by atoms with E-state index in [0.717, 1.165) is 0 Å². The molecule has 1 heterocycles. The number of hydrogen-bond donors (Lipinski definition) is 2. The maximum atomic E-state index is 13.8. The third-order valence-electron chi connectivity index (χ3n) is 4.29. The van der Waals surface area contributed by atoms with Crippen LogP contribution in [0.3, 0.4) is 0 Å². The minimum Gasteiger partial charge on any atom is -0.495 e. The molecule has 2 amide bonds. The monoisotopic (exact) mass is 455 g/mol. The number of aromatic nitrogens is 3. The van der Waals surface area contributed by atoms with Crippen molar-refractivity contribution in [3.05, 3.63) is 72.8 Å². The van der Waals surface area contributed by atoms with Gasteiger partial charge in [0.25, 0.3) is 0 Å². The Morgan fingerprint density at radius 3 is 2.50 bits per heavy atom. The highest BCUT2D eigenvalue weighted by molar-refractivity contribution is 7.99. The van der Waals surface area contributed by atoms with Crippen molar-refractivity contribution in [3.63, 3.8) is 0 Å². The number of rotatable bonds is 10. The summed E-state index contributed by atoms with van der Waals surface area (Å²) in [4.78, 5) is 24.7. The lowest BCUT2D eigenvalue weighted by Crippen LogP contribution is -2.18. The van der Waals surface area contributed by atoms with E-state index in [0.29, 0.717) is 29.0 Å². The van der Waals surface area contributed by atoms with Crippen molar-refractivity contribution in [2.24, 2.45) is 0 Å². The third kappa shape index (κ3) is 5.94. The number of amides is 2. The summed E-state index contributed by atoms with van der Waals surface area (Å²) in [5.74, 6) is -0.180. The van der Waals surface area contributed by atoms with E-state index in [-0.39, 0.29) is 23.8 Å². The van der Waals surface area contributed by atoms with Crippen molar-refractivity contribution in [2.45, 2.75) is 18.1 Å².